The summed E-state index contributed by atoms with van der Waals surface area (Å²) in [5, 5.41) is 8.89. The summed E-state index contributed by atoms with van der Waals surface area (Å²) < 4.78 is 50.6. The van der Waals surface area contributed by atoms with Crippen LogP contribution in [-0.2, 0) is 19.6 Å². The molecule has 1 aliphatic rings. The molecule has 2 unspecified atom stereocenters. The van der Waals surface area contributed by atoms with Crippen molar-refractivity contribution in [3.8, 4) is 5.75 Å². The molecule has 0 bridgehead atoms. The number of carbonyl (C=O) groups is 1. The van der Waals surface area contributed by atoms with Gasteiger partial charge in [-0.25, -0.2) is 17.1 Å². The molecule has 1 aromatic rings. The van der Waals surface area contributed by atoms with E-state index < -0.39 is 27.7 Å². The molecule has 7 nitrogen and oxygen atoms in total. The fraction of sp³-hybridized carbons (Fsp3) is 0.562. The van der Waals surface area contributed by atoms with E-state index in [1.807, 2.05) is 0 Å². The van der Waals surface area contributed by atoms with Crippen molar-refractivity contribution in [2.24, 2.45) is 11.8 Å². The van der Waals surface area contributed by atoms with Crippen LogP contribution in [0.4, 0.5) is 4.39 Å². The predicted molar refractivity (Wildman–Crippen MR) is 87.4 cm³/mol. The van der Waals surface area contributed by atoms with Gasteiger partial charge >= 0.3 is 5.97 Å². The summed E-state index contributed by atoms with van der Waals surface area (Å²) in [6.07, 6.45) is 0.848. The van der Waals surface area contributed by atoms with Gasteiger partial charge in [0.25, 0.3) is 0 Å². The first-order valence-electron chi connectivity index (χ1n) is 7.91. The molecule has 1 aromatic carbocycles. The van der Waals surface area contributed by atoms with Gasteiger partial charge in [0, 0.05) is 26.1 Å². The minimum absolute atomic E-state index is 0.0209. The molecule has 25 heavy (non-hydrogen) atoms. The molecule has 2 atom stereocenters. The molecule has 0 saturated carbocycles. The van der Waals surface area contributed by atoms with Gasteiger partial charge in [-0.3, -0.25) is 4.79 Å². The molecule has 0 aromatic heterocycles. The fourth-order valence-corrected chi connectivity index (χ4v) is 3.70. The SMILES string of the molecule is CC(CN(C)S(=O)(=O)c1ccc(OCC2CCOC2)c(F)c1)C(=O)O. The van der Waals surface area contributed by atoms with Gasteiger partial charge in [-0.15, -0.1) is 0 Å². The molecule has 2 rings (SSSR count). The van der Waals surface area contributed by atoms with Crippen LogP contribution in [0.25, 0.3) is 0 Å². The van der Waals surface area contributed by atoms with Crippen molar-refractivity contribution in [1.82, 2.24) is 4.31 Å². The highest BCUT2D eigenvalue weighted by Gasteiger charge is 2.26. The van der Waals surface area contributed by atoms with E-state index in [-0.39, 0.29) is 23.1 Å². The van der Waals surface area contributed by atoms with Gasteiger partial charge in [0.15, 0.2) is 11.6 Å². The van der Waals surface area contributed by atoms with Gasteiger partial charge in [-0.2, -0.15) is 0 Å². The summed E-state index contributed by atoms with van der Waals surface area (Å²) >= 11 is 0. The molecule has 0 amide bonds. The lowest BCUT2D eigenvalue weighted by atomic mass is 10.1. The zero-order chi connectivity index (χ0) is 18.6. The van der Waals surface area contributed by atoms with Crippen LogP contribution in [0.3, 0.4) is 0 Å². The van der Waals surface area contributed by atoms with Crippen molar-refractivity contribution in [2.75, 3.05) is 33.4 Å². The lowest BCUT2D eigenvalue weighted by molar-refractivity contribution is -0.141. The average Bonchev–Trinajstić information content (AvgIpc) is 3.06. The second kappa shape index (κ2) is 8.11. The largest absolute Gasteiger partial charge is 0.490 e. The zero-order valence-electron chi connectivity index (χ0n) is 14.1. The number of benzene rings is 1. The topological polar surface area (TPSA) is 93.1 Å². The van der Waals surface area contributed by atoms with Crippen molar-refractivity contribution < 1.29 is 32.2 Å². The number of rotatable bonds is 8. The molecular formula is C16H22FNO6S. The van der Waals surface area contributed by atoms with Crippen molar-refractivity contribution in [3.05, 3.63) is 24.0 Å². The second-order valence-corrected chi connectivity index (χ2v) is 8.20. The first kappa shape index (κ1) is 19.6. The zero-order valence-corrected chi connectivity index (χ0v) is 15.0. The predicted octanol–water partition coefficient (Wildman–Crippen LogP) is 1.58. The third-order valence-corrected chi connectivity index (χ3v) is 5.88. The Bertz CT molecular complexity index is 717. The summed E-state index contributed by atoms with van der Waals surface area (Å²) in [7, 11) is -2.72. The molecule has 140 valence electrons. The minimum Gasteiger partial charge on any atom is -0.490 e. The Morgan fingerprint density at radius 2 is 2.24 bits per heavy atom. The molecule has 0 spiro atoms. The Hall–Kier alpha value is -1.71. The monoisotopic (exact) mass is 375 g/mol. The van der Waals surface area contributed by atoms with Gasteiger partial charge < -0.3 is 14.6 Å². The number of hydrogen-bond acceptors (Lipinski definition) is 5. The number of nitrogens with zero attached hydrogens (tertiary/aromatic N) is 1. The number of hydrogen-bond donors (Lipinski definition) is 1. The number of carboxylic acids is 1. The number of aliphatic carboxylic acids is 1. The molecule has 1 aliphatic heterocycles. The van der Waals surface area contributed by atoms with E-state index in [9.17, 15) is 17.6 Å². The van der Waals surface area contributed by atoms with Gasteiger partial charge in [-0.1, -0.05) is 6.92 Å². The molecule has 9 heteroatoms. The van der Waals surface area contributed by atoms with E-state index in [1.165, 1.54) is 26.1 Å². The maximum absolute atomic E-state index is 14.2. The Morgan fingerprint density at radius 3 is 2.80 bits per heavy atom. The van der Waals surface area contributed by atoms with E-state index in [2.05, 4.69) is 0 Å². The molecule has 0 radical (unpaired) electrons. The van der Waals surface area contributed by atoms with Crippen molar-refractivity contribution in [3.63, 3.8) is 0 Å². The van der Waals surface area contributed by atoms with Gasteiger partial charge in [0.05, 0.1) is 24.0 Å². The highest BCUT2D eigenvalue weighted by molar-refractivity contribution is 7.89. The van der Waals surface area contributed by atoms with Crippen LogP contribution in [0.5, 0.6) is 5.75 Å². The van der Waals surface area contributed by atoms with E-state index >= 15 is 0 Å². The van der Waals surface area contributed by atoms with Gasteiger partial charge in [0.2, 0.25) is 10.0 Å². The summed E-state index contributed by atoms with van der Waals surface area (Å²) in [4.78, 5) is 10.6. The Kier molecular flexibility index (Phi) is 6.36. The van der Waals surface area contributed by atoms with Gasteiger partial charge in [-0.05, 0) is 24.6 Å². The second-order valence-electron chi connectivity index (χ2n) is 6.16. The number of ether oxygens (including phenoxy) is 2. The molecule has 1 saturated heterocycles. The number of halogens is 1. The Balaban J connectivity index is 2.08. The van der Waals surface area contributed by atoms with Crippen molar-refractivity contribution in [2.45, 2.75) is 18.2 Å². The lowest BCUT2D eigenvalue weighted by Crippen LogP contribution is -2.33. The summed E-state index contributed by atoms with van der Waals surface area (Å²) in [5.74, 6) is -2.58. The minimum atomic E-state index is -3.98. The van der Waals surface area contributed by atoms with Crippen LogP contribution < -0.4 is 4.74 Å². The molecule has 1 heterocycles. The average molecular weight is 375 g/mol. The third kappa shape index (κ3) is 4.90. The normalized spacial score (nSPS) is 19.1. The van der Waals surface area contributed by atoms with Crippen LogP contribution >= 0.6 is 0 Å². The van der Waals surface area contributed by atoms with Crippen LogP contribution in [-0.4, -0.2) is 57.2 Å². The van der Waals surface area contributed by atoms with Crippen molar-refractivity contribution in [1.29, 1.82) is 0 Å². The van der Waals surface area contributed by atoms with Crippen LogP contribution in [0.1, 0.15) is 13.3 Å². The third-order valence-electron chi connectivity index (χ3n) is 4.06. The number of sulfonamides is 1. The summed E-state index contributed by atoms with van der Waals surface area (Å²) in [6.45, 7) is 2.73. The molecule has 0 aliphatic carbocycles. The van der Waals surface area contributed by atoms with Gasteiger partial charge in [0.1, 0.15) is 0 Å². The van der Waals surface area contributed by atoms with E-state index in [4.69, 9.17) is 14.6 Å². The Morgan fingerprint density at radius 1 is 1.52 bits per heavy atom. The first-order chi connectivity index (χ1) is 11.7. The number of carboxylic acid groups (broad SMARTS) is 1. The maximum atomic E-state index is 14.2. The van der Waals surface area contributed by atoms with Crippen molar-refractivity contribution >= 4 is 16.0 Å². The van der Waals surface area contributed by atoms with E-state index in [1.54, 1.807) is 0 Å². The van der Waals surface area contributed by atoms with Crippen LogP contribution in [0, 0.1) is 17.7 Å². The lowest BCUT2D eigenvalue weighted by Gasteiger charge is -2.19. The fourth-order valence-electron chi connectivity index (χ4n) is 2.42. The Labute approximate surface area is 146 Å². The quantitative estimate of drug-likeness (QED) is 0.742. The molecular weight excluding hydrogens is 353 g/mol. The first-order valence-corrected chi connectivity index (χ1v) is 9.35. The van der Waals surface area contributed by atoms with Crippen LogP contribution in [0.15, 0.2) is 23.1 Å². The molecule has 1 fully saturated rings. The summed E-state index contributed by atoms with van der Waals surface area (Å²) in [6, 6.07) is 3.41. The van der Waals surface area contributed by atoms with E-state index in [0.717, 1.165) is 16.8 Å². The van der Waals surface area contributed by atoms with Crippen LogP contribution in [0.2, 0.25) is 0 Å². The highest BCUT2D eigenvalue weighted by atomic mass is 32.2. The standard InChI is InChI=1S/C16H22FNO6S/c1-11(16(19)20)8-18(2)25(21,22)13-3-4-15(14(17)7-13)24-10-12-5-6-23-9-12/h3-4,7,11-12H,5-6,8-10H2,1-2H3,(H,19,20). The smallest absolute Gasteiger partial charge is 0.307 e. The summed E-state index contributed by atoms with van der Waals surface area (Å²) in [5.41, 5.74) is 0. The molecule has 1 N–H and O–H groups in total. The maximum Gasteiger partial charge on any atom is 0.307 e. The highest BCUT2D eigenvalue weighted by Crippen LogP contribution is 2.24. The van der Waals surface area contributed by atoms with E-state index in [0.29, 0.717) is 19.8 Å².